The van der Waals surface area contributed by atoms with Crippen LogP contribution in [-0.4, -0.2) is 201 Å². The van der Waals surface area contributed by atoms with Crippen molar-refractivity contribution in [3.63, 3.8) is 0 Å². The molecule has 0 aliphatic carbocycles. The smallest absolute Gasteiger partial charge is 0.420 e. The van der Waals surface area contributed by atoms with Crippen molar-refractivity contribution in [2.45, 2.75) is 222 Å². The molecule has 0 aromatic carbocycles. The summed E-state index contributed by atoms with van der Waals surface area (Å²) in [5, 5.41) is 44.7. The summed E-state index contributed by atoms with van der Waals surface area (Å²) in [5.41, 5.74) is 0. The number of fused-ring (bicyclic) bond motifs is 1. The summed E-state index contributed by atoms with van der Waals surface area (Å²) in [7, 11) is -8.33. The summed E-state index contributed by atoms with van der Waals surface area (Å²) in [5.74, 6) is 1.37. The minimum Gasteiger partial charge on any atom is -0.420 e. The highest BCUT2D eigenvalue weighted by molar-refractivity contribution is 8.00. The number of urea groups is 2. The van der Waals surface area contributed by atoms with Gasteiger partial charge < -0.3 is 60.0 Å². The quantitative estimate of drug-likeness (QED) is 0.0128. The monoisotopic (exact) mass is 1350 g/mol. The van der Waals surface area contributed by atoms with Crippen molar-refractivity contribution >= 4 is 71.1 Å². The van der Waals surface area contributed by atoms with E-state index in [2.05, 4.69) is 50.3 Å². The maximum atomic E-state index is 14.6. The molecule has 0 bridgehead atoms. The fraction of sp³-hybridized carbons (Fsp3) is 0.864. The van der Waals surface area contributed by atoms with Crippen LogP contribution in [0.15, 0.2) is 4.99 Å². The van der Waals surface area contributed by atoms with E-state index in [0.29, 0.717) is 69.5 Å². The van der Waals surface area contributed by atoms with Crippen molar-refractivity contribution < 1.29 is 76.1 Å². The molecule has 0 saturated carbocycles. The lowest BCUT2D eigenvalue weighted by Crippen LogP contribution is -2.57. The summed E-state index contributed by atoms with van der Waals surface area (Å²) in [6.45, 7) is 8.27. The van der Waals surface area contributed by atoms with Gasteiger partial charge in [-0.1, -0.05) is 39.0 Å². The first-order valence-corrected chi connectivity index (χ1v) is 40.0. The summed E-state index contributed by atoms with van der Waals surface area (Å²) < 4.78 is 91.4. The summed E-state index contributed by atoms with van der Waals surface area (Å²) in [6.07, 6.45) is 8.54. The zero-order chi connectivity index (χ0) is 66.6. The van der Waals surface area contributed by atoms with E-state index in [0.717, 1.165) is 108 Å². The van der Waals surface area contributed by atoms with E-state index in [9.17, 15) is 38.4 Å². The Bertz CT molecular complexity index is 2480. The first kappa shape index (κ1) is 73.6. The molecule has 5 aliphatic heterocycles. The van der Waals surface area contributed by atoms with Gasteiger partial charge in [0.1, 0.15) is 18.2 Å². The first-order chi connectivity index (χ1) is 44.3. The fourth-order valence-corrected chi connectivity index (χ4v) is 17.1. The number of amides is 7. The number of ether oxygens (including phenoxy) is 2. The lowest BCUT2D eigenvalue weighted by Gasteiger charge is -2.36. The molecule has 0 spiro atoms. The number of nitrogens with one attached hydrogen (secondary N) is 7. The third kappa shape index (κ3) is 29.3. The number of aliphatic hydroxyl groups is 1. The van der Waals surface area contributed by atoms with Gasteiger partial charge in [0.25, 0.3) is 0 Å². The van der Waals surface area contributed by atoms with Gasteiger partial charge in [-0.05, 0) is 103 Å². The predicted molar refractivity (Wildman–Crippen MR) is 344 cm³/mol. The van der Waals surface area contributed by atoms with Crippen molar-refractivity contribution in [1.82, 2.24) is 42.1 Å². The van der Waals surface area contributed by atoms with Gasteiger partial charge in [0.15, 0.2) is 8.32 Å². The fourth-order valence-electron chi connectivity index (χ4n) is 11.0. The number of carbonyl (C=O) groups excluding carboxylic acids is 5. The van der Waals surface area contributed by atoms with Crippen LogP contribution >= 0.6 is 27.2 Å². The topological polar surface area (TPSA) is 361 Å². The molecule has 12 unspecified atom stereocenters. The normalized spacial score (nSPS) is 26.1. The van der Waals surface area contributed by atoms with E-state index in [1.54, 1.807) is 7.11 Å². The van der Waals surface area contributed by atoms with Crippen LogP contribution in [0.2, 0.25) is 19.1 Å². The highest BCUT2D eigenvalue weighted by Gasteiger charge is 2.47. The Morgan fingerprint density at radius 3 is 2.11 bits per heavy atom. The van der Waals surface area contributed by atoms with Crippen LogP contribution in [0, 0.1) is 28.6 Å². The van der Waals surface area contributed by atoms with Crippen LogP contribution in [0.4, 0.5) is 9.59 Å². The lowest BCUT2D eigenvalue weighted by atomic mass is 10.0. The molecule has 27 nitrogen and oxygen atoms in total. The summed E-state index contributed by atoms with van der Waals surface area (Å²) in [4.78, 5) is 68.4. The molecule has 512 valence electrons. The Morgan fingerprint density at radius 2 is 1.44 bits per heavy atom. The highest BCUT2D eigenvalue weighted by atomic mass is 32.2. The van der Waals surface area contributed by atoms with Crippen LogP contribution in [-0.2, 0) is 60.0 Å². The predicted octanol–water partition coefficient (Wildman–Crippen LogP) is 7.26. The van der Waals surface area contributed by atoms with Gasteiger partial charge in [0.05, 0.1) is 89.3 Å². The van der Waals surface area contributed by atoms with Gasteiger partial charge >= 0.3 is 27.5 Å². The number of nitriles is 2. The van der Waals surface area contributed by atoms with Crippen molar-refractivity contribution in [3.8, 4) is 12.1 Å². The minimum atomic E-state index is -4.28. The Kier molecular flexibility index (Phi) is 34.8. The molecule has 7 amide bonds. The Balaban J connectivity index is 0.917. The molecule has 5 saturated heterocycles. The molecule has 90 heavy (non-hydrogen) atoms. The van der Waals surface area contributed by atoms with E-state index in [1.165, 1.54) is 4.90 Å². The average molecular weight is 1350 g/mol. The van der Waals surface area contributed by atoms with Gasteiger partial charge in [-0.2, -0.15) is 22.3 Å². The molecular weight excluding hydrogens is 1240 g/mol. The number of nitrogens with zero attached hydrogens (tertiary/aromatic N) is 4. The first-order valence-electron chi connectivity index (χ1n) is 33.7. The van der Waals surface area contributed by atoms with Gasteiger partial charge in [-0.3, -0.25) is 47.7 Å². The SMILES string of the molecule is [2H]OCC1OC(N2CC(C)C(=NCCCCCCNC(=O)CCCCCNC(=O)CCCCCNC(=O)CCCCC3SCC4NC(=O)NC43)NC2=O)CC1OP(=O)(CCC1OC([3H])CC1OP(=O)(OCCC#N)OCCCNCCC[Si](C)(C)OC)OCCC#N. The summed E-state index contributed by atoms with van der Waals surface area (Å²) in [6, 6.07) is 4.79. The Hall–Kier alpha value is -3.77. The maximum Gasteiger partial charge on any atom is 0.475 e. The van der Waals surface area contributed by atoms with Crippen LogP contribution in [0.3, 0.4) is 0 Å². The van der Waals surface area contributed by atoms with Crippen molar-refractivity contribution in [2.75, 3.05) is 97.8 Å². The number of aliphatic hydroxyl groups excluding tert-OH is 1. The van der Waals surface area contributed by atoms with Crippen molar-refractivity contribution in [1.29, 1.82) is 12.0 Å². The van der Waals surface area contributed by atoms with E-state index in [1.807, 2.05) is 30.8 Å². The van der Waals surface area contributed by atoms with Gasteiger partial charge in [0, 0.05) is 95.4 Å². The third-order valence-corrected chi connectivity index (χ3v) is 24.0. The number of phosphoric acid groups is 1. The number of thioether (sulfide) groups is 1. The van der Waals surface area contributed by atoms with Crippen LogP contribution in [0.1, 0.15) is 156 Å². The Morgan fingerprint density at radius 1 is 0.811 bits per heavy atom. The molecule has 5 rings (SSSR count). The number of aliphatic imine (C=N–C) groups is 1. The Labute approximate surface area is 541 Å². The van der Waals surface area contributed by atoms with Crippen molar-refractivity contribution in [3.05, 3.63) is 0 Å². The lowest BCUT2D eigenvalue weighted by molar-refractivity contribution is -0.122. The largest absolute Gasteiger partial charge is 0.475 e. The molecule has 31 heteroatoms. The molecule has 8 N–H and O–H groups in total. The van der Waals surface area contributed by atoms with Crippen molar-refractivity contribution in [2.24, 2.45) is 10.9 Å². The molecule has 0 aromatic rings. The molecule has 12 atom stereocenters. The third-order valence-electron chi connectivity index (χ3n) is 16.4. The number of hydrogen-bond donors (Lipinski definition) is 8. The molecule has 0 aromatic heterocycles. The molecule has 5 fully saturated rings. The van der Waals surface area contributed by atoms with Gasteiger partial charge in [-0.25, -0.2) is 14.2 Å². The van der Waals surface area contributed by atoms with Crippen LogP contribution in [0.25, 0.3) is 0 Å². The number of phosphoric ester groups is 1. The maximum absolute atomic E-state index is 14.6. The second-order valence-corrected chi connectivity index (χ2v) is 33.6. The molecule has 5 aliphatic rings. The molecule has 0 radical (unpaired) electrons. The molecular formula is C59H105N11O16P2SSi. The van der Waals surface area contributed by atoms with Crippen LogP contribution in [0.5, 0.6) is 0 Å². The van der Waals surface area contributed by atoms with E-state index in [-0.39, 0.29) is 113 Å². The number of carbonyl (C=O) groups is 5. The van der Waals surface area contributed by atoms with Crippen LogP contribution < -0.4 is 37.2 Å². The average Bonchev–Trinajstić information content (AvgIpc) is 1.69. The van der Waals surface area contributed by atoms with Gasteiger partial charge in [-0.15, -0.1) is 0 Å². The standard InChI is InChI=1S/C59H105N11O16P2SSi/c1-45-42-70(55-41-49(50(43-71)84-55)85-87(77,81-35-17-27-60)39-26-47-48(25-38-80-47)86-88(78,82-36-18-28-61)83-37-19-29-62-30-20-40-90(3,4)79-2)59(76)69-57(45)66-34-14-6-5-13-31-63-52(72)22-9-7-15-32-64-53(73)23-10-8-16-33-65-54(74)24-12-11-21-51-56-46(44-89-51)67-58(75)68-56/h45-51,55-56,62,71H,5-26,29-44H2,1-4H3,(H,63,72)(H,64,73)(H,65,74)(H,66,69,76)(H2,67,68,75)/i38T,71D. The second kappa shape index (κ2) is 42.5. The number of rotatable bonds is 50. The zero-order valence-electron chi connectivity index (χ0n) is 55.6. The number of amidine groups is 1. The zero-order valence-corrected chi connectivity index (χ0v) is 57.2. The number of unbranched alkanes of at least 4 members (excludes halogenated alkanes) is 8. The highest BCUT2D eigenvalue weighted by Crippen LogP contribution is 2.55. The number of hydrogen-bond acceptors (Lipinski definition) is 21. The van der Waals surface area contributed by atoms with Gasteiger partial charge in [0.2, 0.25) is 19.2 Å². The van der Waals surface area contributed by atoms with E-state index >= 15 is 0 Å². The molecule has 5 heterocycles. The second-order valence-electron chi connectivity index (χ2n) is 24.2. The van der Waals surface area contributed by atoms with E-state index < -0.39 is 67.0 Å². The van der Waals surface area contributed by atoms with E-state index in [4.69, 9.17) is 54.7 Å². The summed E-state index contributed by atoms with van der Waals surface area (Å²) >= 11 is 1.89. The minimum absolute atomic E-state index is 0.00924.